The molecule has 1 atom stereocenters. The van der Waals surface area contributed by atoms with Crippen LogP contribution in [0.4, 0.5) is 0 Å². The van der Waals surface area contributed by atoms with Crippen LogP contribution in [0.2, 0.25) is 0 Å². The first kappa shape index (κ1) is 16.2. The number of rotatable bonds is 6. The molecule has 3 aromatic rings. The van der Waals surface area contributed by atoms with E-state index < -0.39 is 0 Å². The minimum atomic E-state index is -0.0229. The van der Waals surface area contributed by atoms with Gasteiger partial charge in [-0.3, -0.25) is 4.98 Å². The molecule has 0 aliphatic carbocycles. The molecule has 24 heavy (non-hydrogen) atoms. The van der Waals surface area contributed by atoms with Crippen LogP contribution in [0.1, 0.15) is 24.2 Å². The maximum atomic E-state index is 6.08. The van der Waals surface area contributed by atoms with E-state index in [-0.39, 0.29) is 6.10 Å². The molecule has 3 nitrogen and oxygen atoms in total. The van der Waals surface area contributed by atoms with Gasteiger partial charge in [0.15, 0.2) is 0 Å². The lowest BCUT2D eigenvalue weighted by Gasteiger charge is -2.17. The molecule has 0 radical (unpaired) electrons. The van der Waals surface area contributed by atoms with Crippen LogP contribution in [0.25, 0.3) is 11.3 Å². The van der Waals surface area contributed by atoms with E-state index >= 15 is 0 Å². The van der Waals surface area contributed by atoms with E-state index in [2.05, 4.69) is 24.0 Å². The molecular weight excluding hydrogens is 298 g/mol. The number of hydrogen-bond donors (Lipinski definition) is 0. The van der Waals surface area contributed by atoms with Crippen LogP contribution in [0, 0.1) is 0 Å². The molecule has 122 valence electrons. The van der Waals surface area contributed by atoms with Crippen LogP contribution in [0.15, 0.2) is 72.9 Å². The zero-order valence-electron chi connectivity index (χ0n) is 14.0. The summed E-state index contributed by atoms with van der Waals surface area (Å²) in [4.78, 5) is 4.46. The normalized spacial score (nSPS) is 11.9. The molecule has 0 aliphatic rings. The fraction of sp³-hybridized carbons (Fsp3) is 0.190. The number of aromatic nitrogens is 1. The summed E-state index contributed by atoms with van der Waals surface area (Å²) >= 11 is 0. The van der Waals surface area contributed by atoms with Gasteiger partial charge in [0.25, 0.3) is 0 Å². The fourth-order valence-electron chi connectivity index (χ4n) is 2.64. The molecule has 0 saturated heterocycles. The highest BCUT2D eigenvalue weighted by Crippen LogP contribution is 2.29. The van der Waals surface area contributed by atoms with Crippen molar-refractivity contribution in [2.75, 3.05) is 7.11 Å². The lowest BCUT2D eigenvalue weighted by atomic mass is 10.00. The van der Waals surface area contributed by atoms with Gasteiger partial charge >= 0.3 is 0 Å². The second kappa shape index (κ2) is 7.75. The highest BCUT2D eigenvalue weighted by atomic mass is 16.5. The first-order valence-corrected chi connectivity index (χ1v) is 8.03. The van der Waals surface area contributed by atoms with Gasteiger partial charge in [-0.2, -0.15) is 0 Å². The van der Waals surface area contributed by atoms with E-state index in [0.29, 0.717) is 6.61 Å². The lowest BCUT2D eigenvalue weighted by Crippen LogP contribution is -2.03. The molecule has 3 heteroatoms. The number of nitrogens with zero attached hydrogens (tertiary/aromatic N) is 1. The predicted octanol–water partition coefficient (Wildman–Crippen LogP) is 5.04. The zero-order chi connectivity index (χ0) is 16.8. The summed E-state index contributed by atoms with van der Waals surface area (Å²) in [5, 5.41) is 0. The highest BCUT2D eigenvalue weighted by Gasteiger charge is 2.13. The minimum absolute atomic E-state index is 0.0229. The number of benzene rings is 2. The van der Waals surface area contributed by atoms with Crippen LogP contribution in [0.3, 0.4) is 0 Å². The summed E-state index contributed by atoms with van der Waals surface area (Å²) in [6.07, 6.45) is 1.79. The second-order valence-corrected chi connectivity index (χ2v) is 5.60. The number of pyridine rings is 1. The van der Waals surface area contributed by atoms with Crippen LogP contribution in [-0.2, 0) is 11.3 Å². The Morgan fingerprint density at radius 3 is 2.38 bits per heavy atom. The molecule has 0 fully saturated rings. The first-order chi connectivity index (χ1) is 11.8. The average molecular weight is 319 g/mol. The SMILES string of the molecule is COc1ccc(COC(C)c2ccccc2-c2ccccn2)cc1. The first-order valence-electron chi connectivity index (χ1n) is 8.03. The van der Waals surface area contributed by atoms with Crippen molar-refractivity contribution in [3.63, 3.8) is 0 Å². The molecule has 1 heterocycles. The fourth-order valence-corrected chi connectivity index (χ4v) is 2.64. The van der Waals surface area contributed by atoms with Gasteiger partial charge in [-0.15, -0.1) is 0 Å². The van der Waals surface area contributed by atoms with Crippen LogP contribution in [0.5, 0.6) is 5.75 Å². The van der Waals surface area contributed by atoms with Crippen LogP contribution < -0.4 is 4.74 Å². The van der Waals surface area contributed by atoms with Gasteiger partial charge in [-0.1, -0.05) is 42.5 Å². The van der Waals surface area contributed by atoms with E-state index in [1.165, 1.54) is 0 Å². The molecule has 0 amide bonds. The Hall–Kier alpha value is -2.65. The maximum Gasteiger partial charge on any atom is 0.118 e. The Morgan fingerprint density at radius 1 is 0.917 bits per heavy atom. The second-order valence-electron chi connectivity index (χ2n) is 5.60. The molecular formula is C21H21NO2. The van der Waals surface area contributed by atoms with E-state index in [1.807, 2.05) is 60.8 Å². The molecule has 1 aromatic heterocycles. The maximum absolute atomic E-state index is 6.08. The third-order valence-electron chi connectivity index (χ3n) is 4.00. The van der Waals surface area contributed by atoms with Gasteiger partial charge in [0.05, 0.1) is 25.5 Å². The van der Waals surface area contributed by atoms with Crippen molar-refractivity contribution in [1.82, 2.24) is 4.98 Å². The van der Waals surface area contributed by atoms with E-state index in [4.69, 9.17) is 9.47 Å². The van der Waals surface area contributed by atoms with E-state index in [0.717, 1.165) is 28.1 Å². The Bertz CT molecular complexity index is 769. The summed E-state index contributed by atoms with van der Waals surface area (Å²) in [6, 6.07) is 22.2. The Kier molecular flexibility index (Phi) is 5.24. The predicted molar refractivity (Wildman–Crippen MR) is 95.9 cm³/mol. The van der Waals surface area contributed by atoms with Crippen molar-refractivity contribution >= 4 is 0 Å². The molecule has 2 aromatic carbocycles. The highest BCUT2D eigenvalue weighted by molar-refractivity contribution is 5.63. The van der Waals surface area contributed by atoms with Gasteiger partial charge in [-0.05, 0) is 42.3 Å². The quantitative estimate of drug-likeness (QED) is 0.638. The summed E-state index contributed by atoms with van der Waals surface area (Å²) in [6.45, 7) is 2.63. The number of ether oxygens (including phenoxy) is 2. The Morgan fingerprint density at radius 2 is 1.67 bits per heavy atom. The van der Waals surface area contributed by atoms with Crippen molar-refractivity contribution in [3.05, 3.63) is 84.1 Å². The lowest BCUT2D eigenvalue weighted by molar-refractivity contribution is 0.0529. The third kappa shape index (κ3) is 3.81. The average Bonchev–Trinajstić information content (AvgIpc) is 2.67. The van der Waals surface area contributed by atoms with Gasteiger partial charge < -0.3 is 9.47 Å². The number of hydrogen-bond acceptors (Lipinski definition) is 3. The monoisotopic (exact) mass is 319 g/mol. The summed E-state index contributed by atoms with van der Waals surface area (Å²) in [5.74, 6) is 0.854. The van der Waals surface area contributed by atoms with Gasteiger partial charge in [-0.25, -0.2) is 0 Å². The standard InChI is InChI=1S/C21H21NO2/c1-16(24-15-17-10-12-18(23-2)13-11-17)19-7-3-4-8-20(19)21-9-5-6-14-22-21/h3-14,16H,15H2,1-2H3. The molecule has 0 bridgehead atoms. The molecule has 1 unspecified atom stereocenters. The molecule has 0 aliphatic heterocycles. The number of methoxy groups -OCH3 is 1. The topological polar surface area (TPSA) is 31.4 Å². The van der Waals surface area contributed by atoms with E-state index in [1.54, 1.807) is 7.11 Å². The summed E-state index contributed by atoms with van der Waals surface area (Å²) < 4.78 is 11.3. The Balaban J connectivity index is 1.74. The van der Waals surface area contributed by atoms with Crippen molar-refractivity contribution in [1.29, 1.82) is 0 Å². The van der Waals surface area contributed by atoms with Crippen LogP contribution in [-0.4, -0.2) is 12.1 Å². The van der Waals surface area contributed by atoms with Gasteiger partial charge in [0, 0.05) is 11.8 Å². The van der Waals surface area contributed by atoms with Crippen LogP contribution >= 0.6 is 0 Å². The van der Waals surface area contributed by atoms with Crippen molar-refractivity contribution in [3.8, 4) is 17.0 Å². The van der Waals surface area contributed by atoms with Crippen molar-refractivity contribution < 1.29 is 9.47 Å². The largest absolute Gasteiger partial charge is 0.497 e. The molecule has 0 N–H and O–H groups in total. The third-order valence-corrected chi connectivity index (χ3v) is 4.00. The smallest absolute Gasteiger partial charge is 0.118 e. The minimum Gasteiger partial charge on any atom is -0.497 e. The van der Waals surface area contributed by atoms with Crippen molar-refractivity contribution in [2.45, 2.75) is 19.6 Å². The van der Waals surface area contributed by atoms with E-state index in [9.17, 15) is 0 Å². The van der Waals surface area contributed by atoms with Gasteiger partial charge in [0.2, 0.25) is 0 Å². The van der Waals surface area contributed by atoms with Crippen molar-refractivity contribution in [2.24, 2.45) is 0 Å². The summed E-state index contributed by atoms with van der Waals surface area (Å²) in [5.41, 5.74) is 4.34. The molecule has 0 spiro atoms. The summed E-state index contributed by atoms with van der Waals surface area (Å²) in [7, 11) is 1.67. The van der Waals surface area contributed by atoms with Gasteiger partial charge in [0.1, 0.15) is 5.75 Å². The zero-order valence-corrected chi connectivity index (χ0v) is 14.0. The Labute approximate surface area is 142 Å². The molecule has 3 rings (SSSR count). The molecule has 0 saturated carbocycles.